The van der Waals surface area contributed by atoms with Crippen LogP contribution in [0, 0.1) is 11.8 Å². The summed E-state index contributed by atoms with van der Waals surface area (Å²) in [5.41, 5.74) is 1.37. The molecule has 0 aromatic heterocycles. The minimum atomic E-state index is 0.244. The second-order valence-corrected chi connectivity index (χ2v) is 10.5. The lowest BCUT2D eigenvalue weighted by Crippen LogP contribution is -2.37. The standard InChI is InChI=1S/C26H41BrN2O2/c1-3-5-26(30)28-23-9-7-20(8-10-23)6-4-15-29-16-13-21(14-17-29)18-22-19-24(31-2)11-12-25(22)27/h11-12,19-21,23H,3-10,13-18H2,1-2H3,(H,28,30). The summed E-state index contributed by atoms with van der Waals surface area (Å²) in [5.74, 6) is 2.83. The predicted molar refractivity (Wildman–Crippen MR) is 132 cm³/mol. The van der Waals surface area contributed by atoms with Crippen molar-refractivity contribution in [2.75, 3.05) is 26.7 Å². The van der Waals surface area contributed by atoms with Crippen molar-refractivity contribution in [3.63, 3.8) is 0 Å². The van der Waals surface area contributed by atoms with Crippen molar-refractivity contribution in [2.24, 2.45) is 11.8 Å². The van der Waals surface area contributed by atoms with Crippen molar-refractivity contribution in [1.29, 1.82) is 0 Å². The first-order valence-corrected chi connectivity index (χ1v) is 13.2. The van der Waals surface area contributed by atoms with Crippen LogP contribution in [0.25, 0.3) is 0 Å². The third-order valence-corrected chi connectivity index (χ3v) is 8.02. The smallest absolute Gasteiger partial charge is 0.220 e. The molecule has 1 saturated heterocycles. The number of nitrogens with zero attached hydrogens (tertiary/aromatic N) is 1. The third kappa shape index (κ3) is 8.09. The number of carbonyl (C=O) groups is 1. The van der Waals surface area contributed by atoms with Crippen LogP contribution in [0.2, 0.25) is 0 Å². The van der Waals surface area contributed by atoms with Gasteiger partial charge in [-0.25, -0.2) is 0 Å². The number of nitrogens with one attached hydrogen (secondary N) is 1. The van der Waals surface area contributed by atoms with E-state index in [9.17, 15) is 4.79 Å². The van der Waals surface area contributed by atoms with Crippen molar-refractivity contribution < 1.29 is 9.53 Å². The average molecular weight is 494 g/mol. The van der Waals surface area contributed by atoms with Gasteiger partial charge in [0.2, 0.25) is 5.91 Å². The Hall–Kier alpha value is -1.07. The maximum atomic E-state index is 11.8. The second kappa shape index (κ2) is 12.8. The Morgan fingerprint density at radius 3 is 2.55 bits per heavy atom. The minimum Gasteiger partial charge on any atom is -0.497 e. The van der Waals surface area contributed by atoms with E-state index in [2.05, 4.69) is 45.2 Å². The fourth-order valence-electron chi connectivity index (χ4n) is 5.29. The average Bonchev–Trinajstić information content (AvgIpc) is 2.78. The van der Waals surface area contributed by atoms with Gasteiger partial charge >= 0.3 is 0 Å². The van der Waals surface area contributed by atoms with E-state index in [0.29, 0.717) is 12.5 Å². The Labute approximate surface area is 197 Å². The van der Waals surface area contributed by atoms with E-state index in [-0.39, 0.29) is 5.91 Å². The van der Waals surface area contributed by atoms with Gasteiger partial charge in [-0.3, -0.25) is 4.79 Å². The van der Waals surface area contributed by atoms with E-state index in [1.54, 1.807) is 7.11 Å². The van der Waals surface area contributed by atoms with E-state index < -0.39 is 0 Å². The van der Waals surface area contributed by atoms with Crippen LogP contribution in [-0.4, -0.2) is 43.6 Å². The molecule has 174 valence electrons. The Morgan fingerprint density at radius 2 is 1.87 bits per heavy atom. The van der Waals surface area contributed by atoms with Gasteiger partial charge in [0.1, 0.15) is 5.75 Å². The van der Waals surface area contributed by atoms with Crippen molar-refractivity contribution in [2.45, 2.75) is 83.6 Å². The van der Waals surface area contributed by atoms with Gasteiger partial charge in [0.25, 0.3) is 0 Å². The zero-order chi connectivity index (χ0) is 22.1. The molecule has 2 aliphatic rings. The van der Waals surface area contributed by atoms with Crippen molar-refractivity contribution in [1.82, 2.24) is 10.2 Å². The molecule has 1 N–H and O–H groups in total. The van der Waals surface area contributed by atoms with Crippen molar-refractivity contribution >= 4 is 21.8 Å². The van der Waals surface area contributed by atoms with Crippen LogP contribution in [0.5, 0.6) is 5.75 Å². The van der Waals surface area contributed by atoms with Crippen molar-refractivity contribution in [3.05, 3.63) is 28.2 Å². The zero-order valence-corrected chi connectivity index (χ0v) is 21.1. The molecule has 5 heteroatoms. The minimum absolute atomic E-state index is 0.244. The van der Waals surface area contributed by atoms with Crippen LogP contribution in [-0.2, 0) is 11.2 Å². The molecule has 1 aliphatic carbocycles. The number of carbonyl (C=O) groups excluding carboxylic acids is 1. The lowest BCUT2D eigenvalue weighted by Gasteiger charge is -2.33. The topological polar surface area (TPSA) is 41.6 Å². The first-order valence-electron chi connectivity index (χ1n) is 12.4. The molecule has 1 aromatic rings. The summed E-state index contributed by atoms with van der Waals surface area (Å²) >= 11 is 3.71. The molecule has 0 radical (unpaired) electrons. The summed E-state index contributed by atoms with van der Waals surface area (Å²) in [5, 5.41) is 3.22. The molecule has 1 aromatic carbocycles. The number of hydrogen-bond donors (Lipinski definition) is 1. The molecular formula is C26H41BrN2O2. The van der Waals surface area contributed by atoms with Gasteiger partial charge in [-0.05, 0) is 119 Å². The summed E-state index contributed by atoms with van der Waals surface area (Å²) < 4.78 is 6.60. The highest BCUT2D eigenvalue weighted by Crippen LogP contribution is 2.30. The van der Waals surface area contributed by atoms with Gasteiger partial charge in [0.05, 0.1) is 7.11 Å². The number of hydrogen-bond acceptors (Lipinski definition) is 3. The molecule has 0 atom stereocenters. The maximum Gasteiger partial charge on any atom is 0.220 e. The molecule has 1 saturated carbocycles. The van der Waals surface area contributed by atoms with Crippen LogP contribution in [0.3, 0.4) is 0 Å². The van der Waals surface area contributed by atoms with Crippen molar-refractivity contribution in [3.8, 4) is 5.75 Å². The number of likely N-dealkylation sites (tertiary alicyclic amines) is 1. The monoisotopic (exact) mass is 492 g/mol. The normalized spacial score (nSPS) is 22.9. The molecule has 0 bridgehead atoms. The quantitative estimate of drug-likeness (QED) is 0.437. The summed E-state index contributed by atoms with van der Waals surface area (Å²) in [6, 6.07) is 6.74. The van der Waals surface area contributed by atoms with Gasteiger partial charge in [0, 0.05) is 16.9 Å². The van der Waals surface area contributed by atoms with Crippen LogP contribution in [0.4, 0.5) is 0 Å². The van der Waals surface area contributed by atoms with Crippen LogP contribution in [0.1, 0.15) is 76.7 Å². The fraction of sp³-hybridized carbons (Fsp3) is 0.731. The first kappa shape index (κ1) is 24.6. The molecule has 0 unspecified atom stereocenters. The molecule has 3 rings (SSSR count). The third-order valence-electron chi connectivity index (χ3n) is 7.24. The van der Waals surface area contributed by atoms with Gasteiger partial charge in [-0.15, -0.1) is 0 Å². The lowest BCUT2D eigenvalue weighted by molar-refractivity contribution is -0.122. The highest BCUT2D eigenvalue weighted by molar-refractivity contribution is 9.10. The Morgan fingerprint density at radius 1 is 1.13 bits per heavy atom. The largest absolute Gasteiger partial charge is 0.497 e. The van der Waals surface area contributed by atoms with Crippen LogP contribution in [0.15, 0.2) is 22.7 Å². The van der Waals surface area contributed by atoms with Crippen LogP contribution < -0.4 is 10.1 Å². The molecule has 31 heavy (non-hydrogen) atoms. The maximum absolute atomic E-state index is 11.8. The lowest BCUT2D eigenvalue weighted by atomic mass is 9.83. The van der Waals surface area contributed by atoms with Gasteiger partial charge < -0.3 is 15.0 Å². The first-order chi connectivity index (χ1) is 15.1. The van der Waals surface area contributed by atoms with Gasteiger partial charge in [-0.2, -0.15) is 0 Å². The number of halogens is 1. The number of methoxy groups -OCH3 is 1. The number of rotatable bonds is 10. The SMILES string of the molecule is CCCC(=O)NC1CCC(CCCN2CCC(Cc3cc(OC)ccc3Br)CC2)CC1. The van der Waals surface area contributed by atoms with E-state index in [0.717, 1.165) is 30.4 Å². The van der Waals surface area contributed by atoms with Gasteiger partial charge in [0.15, 0.2) is 0 Å². The molecule has 4 nitrogen and oxygen atoms in total. The molecule has 1 aliphatic heterocycles. The number of benzene rings is 1. The highest BCUT2D eigenvalue weighted by Gasteiger charge is 2.23. The number of ether oxygens (including phenoxy) is 1. The fourth-order valence-corrected chi connectivity index (χ4v) is 5.69. The Kier molecular flexibility index (Phi) is 10.2. The van der Waals surface area contributed by atoms with E-state index in [4.69, 9.17) is 4.74 Å². The molecule has 1 heterocycles. The molecule has 1 amide bonds. The summed E-state index contributed by atoms with van der Waals surface area (Å²) in [4.78, 5) is 14.5. The summed E-state index contributed by atoms with van der Waals surface area (Å²) in [6.45, 7) is 5.80. The van der Waals surface area contributed by atoms with E-state index in [1.807, 2.05) is 6.07 Å². The number of amides is 1. The molecule has 0 spiro atoms. The Bertz CT molecular complexity index is 680. The predicted octanol–water partition coefficient (Wildman–Crippen LogP) is 5.97. The van der Waals surface area contributed by atoms with E-state index in [1.165, 1.54) is 81.0 Å². The Balaban J connectivity index is 1.29. The summed E-state index contributed by atoms with van der Waals surface area (Å²) in [6.07, 6.45) is 12.9. The molecular weight excluding hydrogens is 452 g/mol. The van der Waals surface area contributed by atoms with Crippen LogP contribution >= 0.6 is 15.9 Å². The molecule has 2 fully saturated rings. The highest BCUT2D eigenvalue weighted by atomic mass is 79.9. The van der Waals surface area contributed by atoms with Gasteiger partial charge in [-0.1, -0.05) is 22.9 Å². The summed E-state index contributed by atoms with van der Waals surface area (Å²) in [7, 11) is 1.74. The van der Waals surface area contributed by atoms with E-state index >= 15 is 0 Å². The number of piperidine rings is 1. The second-order valence-electron chi connectivity index (χ2n) is 9.62. The zero-order valence-electron chi connectivity index (χ0n) is 19.5.